The third-order valence-corrected chi connectivity index (χ3v) is 4.45. The quantitative estimate of drug-likeness (QED) is 0.896. The highest BCUT2D eigenvalue weighted by atomic mass is 35.5. The van der Waals surface area contributed by atoms with Gasteiger partial charge in [0.15, 0.2) is 0 Å². The molecule has 6 heteroatoms. The summed E-state index contributed by atoms with van der Waals surface area (Å²) < 4.78 is 5.67. The number of carbonyl (C=O) groups excluding carboxylic acids is 1. The van der Waals surface area contributed by atoms with Gasteiger partial charge in [0.25, 0.3) is 0 Å². The van der Waals surface area contributed by atoms with Gasteiger partial charge in [-0.1, -0.05) is 11.6 Å². The molecule has 2 heterocycles. The predicted octanol–water partition coefficient (Wildman–Crippen LogP) is 2.66. The highest BCUT2D eigenvalue weighted by Gasteiger charge is 2.31. The maximum absolute atomic E-state index is 12.5. The zero-order chi connectivity index (χ0) is 17.0. The van der Waals surface area contributed by atoms with Crippen LogP contribution < -0.4 is 10.1 Å². The second-order valence-electron chi connectivity index (χ2n) is 7.02. The summed E-state index contributed by atoms with van der Waals surface area (Å²) in [6.07, 6.45) is 3.68. The molecular weight excluding hydrogens is 314 g/mol. The summed E-state index contributed by atoms with van der Waals surface area (Å²) in [5, 5.41) is 3.61. The Kier molecular flexibility index (Phi) is 5.87. The number of rotatable bonds is 5. The first kappa shape index (κ1) is 18.0. The first-order valence-corrected chi connectivity index (χ1v) is 8.40. The van der Waals surface area contributed by atoms with Crippen molar-refractivity contribution in [2.75, 3.05) is 26.7 Å². The van der Waals surface area contributed by atoms with Gasteiger partial charge in [-0.15, -0.1) is 0 Å². The van der Waals surface area contributed by atoms with Crippen LogP contribution in [0.5, 0.6) is 5.88 Å². The van der Waals surface area contributed by atoms with Crippen LogP contribution >= 0.6 is 11.6 Å². The van der Waals surface area contributed by atoms with Crippen molar-refractivity contribution in [1.82, 2.24) is 15.2 Å². The number of ether oxygens (including phenoxy) is 1. The second-order valence-corrected chi connectivity index (χ2v) is 7.43. The molecule has 5 nitrogen and oxygen atoms in total. The van der Waals surface area contributed by atoms with Crippen LogP contribution in [0.15, 0.2) is 12.3 Å². The van der Waals surface area contributed by atoms with E-state index in [4.69, 9.17) is 16.3 Å². The number of aromatic nitrogens is 1. The van der Waals surface area contributed by atoms with Crippen molar-refractivity contribution in [2.24, 2.45) is 5.41 Å². The molecule has 1 fully saturated rings. The molecule has 1 saturated heterocycles. The zero-order valence-corrected chi connectivity index (χ0v) is 15.1. The van der Waals surface area contributed by atoms with E-state index in [1.165, 1.54) is 0 Å². The minimum atomic E-state index is -0.640. The average Bonchev–Trinajstić information content (AvgIpc) is 2.48. The molecule has 0 radical (unpaired) electrons. The summed E-state index contributed by atoms with van der Waals surface area (Å²) in [6.45, 7) is 7.94. The van der Waals surface area contributed by atoms with Crippen molar-refractivity contribution in [3.63, 3.8) is 0 Å². The molecule has 1 aliphatic rings. The van der Waals surface area contributed by atoms with E-state index in [2.05, 4.69) is 22.2 Å². The van der Waals surface area contributed by atoms with Gasteiger partial charge in [0.05, 0.1) is 5.41 Å². The summed E-state index contributed by atoms with van der Waals surface area (Å²) in [7, 11) is 2.11. The number of hydrogen-bond acceptors (Lipinski definition) is 4. The van der Waals surface area contributed by atoms with Crippen LogP contribution in [0.4, 0.5) is 0 Å². The number of carbonyl (C=O) groups is 1. The van der Waals surface area contributed by atoms with E-state index < -0.39 is 5.41 Å². The van der Waals surface area contributed by atoms with E-state index in [0.29, 0.717) is 10.9 Å². The lowest BCUT2D eigenvalue weighted by Crippen LogP contribution is -2.49. The number of hydrogen-bond donors (Lipinski definition) is 1. The molecule has 2 rings (SSSR count). The molecule has 1 aromatic rings. The van der Waals surface area contributed by atoms with Gasteiger partial charge in [0.1, 0.15) is 11.6 Å². The molecule has 1 N–H and O–H groups in total. The lowest BCUT2D eigenvalue weighted by molar-refractivity contribution is -0.131. The van der Waals surface area contributed by atoms with Gasteiger partial charge >= 0.3 is 0 Å². The van der Waals surface area contributed by atoms with Crippen molar-refractivity contribution < 1.29 is 9.53 Å². The molecule has 1 aliphatic heterocycles. The Hall–Kier alpha value is -1.33. The molecule has 0 saturated carbocycles. The Morgan fingerprint density at radius 2 is 2.13 bits per heavy atom. The SMILES string of the molecule is Cc1cnc(OCC(C)(C)C(=O)NC2CCN(C)CC2)c(Cl)c1. The molecule has 0 aliphatic carbocycles. The third kappa shape index (κ3) is 5.08. The number of aryl methyl sites for hydroxylation is 1. The van der Waals surface area contributed by atoms with Gasteiger partial charge in [0, 0.05) is 12.2 Å². The molecule has 0 spiro atoms. The summed E-state index contributed by atoms with van der Waals surface area (Å²) in [6, 6.07) is 2.05. The topological polar surface area (TPSA) is 54.5 Å². The van der Waals surface area contributed by atoms with Gasteiger partial charge in [-0.05, 0) is 65.4 Å². The van der Waals surface area contributed by atoms with Crippen molar-refractivity contribution >= 4 is 17.5 Å². The average molecular weight is 340 g/mol. The van der Waals surface area contributed by atoms with Gasteiger partial charge in [0.2, 0.25) is 11.8 Å². The summed E-state index contributed by atoms with van der Waals surface area (Å²) in [5.41, 5.74) is 0.334. The van der Waals surface area contributed by atoms with Crippen molar-refractivity contribution in [2.45, 2.75) is 39.7 Å². The number of halogens is 1. The van der Waals surface area contributed by atoms with Crippen LogP contribution in [0.3, 0.4) is 0 Å². The van der Waals surface area contributed by atoms with Crippen LogP contribution in [0.2, 0.25) is 5.02 Å². The van der Waals surface area contributed by atoms with E-state index in [-0.39, 0.29) is 18.6 Å². The Balaban J connectivity index is 1.88. The molecular formula is C17H26ClN3O2. The number of nitrogens with one attached hydrogen (secondary N) is 1. The Morgan fingerprint density at radius 3 is 2.74 bits per heavy atom. The van der Waals surface area contributed by atoms with Crippen LogP contribution in [-0.2, 0) is 4.79 Å². The summed E-state index contributed by atoms with van der Waals surface area (Å²) >= 11 is 6.11. The van der Waals surface area contributed by atoms with Crippen LogP contribution in [0.1, 0.15) is 32.3 Å². The normalized spacial score (nSPS) is 17.1. The molecule has 1 aromatic heterocycles. The molecule has 23 heavy (non-hydrogen) atoms. The van der Waals surface area contributed by atoms with E-state index in [0.717, 1.165) is 31.5 Å². The van der Waals surface area contributed by atoms with Crippen molar-refractivity contribution in [3.8, 4) is 5.88 Å². The lowest BCUT2D eigenvalue weighted by atomic mass is 9.92. The first-order chi connectivity index (χ1) is 10.8. The minimum absolute atomic E-state index is 0.00953. The van der Waals surface area contributed by atoms with E-state index in [1.54, 1.807) is 12.3 Å². The smallest absolute Gasteiger partial charge is 0.232 e. The number of nitrogens with zero attached hydrogens (tertiary/aromatic N) is 2. The van der Waals surface area contributed by atoms with Gasteiger partial charge in [-0.3, -0.25) is 4.79 Å². The maximum atomic E-state index is 12.5. The second kappa shape index (κ2) is 7.49. The molecule has 0 aromatic carbocycles. The standard InChI is InChI=1S/C17H26ClN3O2/c1-12-9-14(18)15(19-10-12)23-11-17(2,3)16(22)20-13-5-7-21(4)8-6-13/h9-10,13H,5-8,11H2,1-4H3,(H,20,22). The number of likely N-dealkylation sites (tertiary alicyclic amines) is 1. The fourth-order valence-corrected chi connectivity index (χ4v) is 2.75. The first-order valence-electron chi connectivity index (χ1n) is 8.02. The lowest BCUT2D eigenvalue weighted by Gasteiger charge is -2.32. The van der Waals surface area contributed by atoms with E-state index in [1.807, 2.05) is 20.8 Å². The number of piperidine rings is 1. The van der Waals surface area contributed by atoms with Crippen molar-refractivity contribution in [3.05, 3.63) is 22.8 Å². The largest absolute Gasteiger partial charge is 0.475 e. The highest BCUT2D eigenvalue weighted by Crippen LogP contribution is 2.25. The van der Waals surface area contributed by atoms with Crippen molar-refractivity contribution in [1.29, 1.82) is 0 Å². The predicted molar refractivity (Wildman–Crippen MR) is 91.9 cm³/mol. The monoisotopic (exact) mass is 339 g/mol. The Morgan fingerprint density at radius 1 is 1.48 bits per heavy atom. The fraction of sp³-hybridized carbons (Fsp3) is 0.647. The zero-order valence-electron chi connectivity index (χ0n) is 14.4. The molecule has 1 amide bonds. The van der Waals surface area contributed by atoms with E-state index >= 15 is 0 Å². The van der Waals surface area contributed by atoms with Crippen LogP contribution in [0, 0.1) is 12.3 Å². The van der Waals surface area contributed by atoms with Gasteiger partial charge in [-0.25, -0.2) is 4.98 Å². The summed E-state index contributed by atoms with van der Waals surface area (Å²) in [5.74, 6) is 0.382. The van der Waals surface area contributed by atoms with Crippen LogP contribution in [0.25, 0.3) is 0 Å². The molecule has 0 atom stereocenters. The third-order valence-electron chi connectivity index (χ3n) is 4.18. The van der Waals surface area contributed by atoms with Crippen LogP contribution in [-0.4, -0.2) is 48.6 Å². The Bertz CT molecular complexity index is 555. The van der Waals surface area contributed by atoms with Gasteiger partial charge < -0.3 is 15.0 Å². The van der Waals surface area contributed by atoms with Gasteiger partial charge in [-0.2, -0.15) is 0 Å². The number of amides is 1. The molecule has 0 unspecified atom stereocenters. The molecule has 128 valence electrons. The Labute approximate surface area is 143 Å². The number of pyridine rings is 1. The maximum Gasteiger partial charge on any atom is 0.232 e. The minimum Gasteiger partial charge on any atom is -0.475 e. The highest BCUT2D eigenvalue weighted by molar-refractivity contribution is 6.31. The fourth-order valence-electron chi connectivity index (χ4n) is 2.48. The summed E-state index contributed by atoms with van der Waals surface area (Å²) in [4.78, 5) is 19.0. The van der Waals surface area contributed by atoms with E-state index in [9.17, 15) is 4.79 Å². The molecule has 0 bridgehead atoms.